The molecule has 1 aliphatic rings. The van der Waals surface area contributed by atoms with Crippen molar-refractivity contribution in [2.75, 3.05) is 13.7 Å². The van der Waals surface area contributed by atoms with E-state index in [0.29, 0.717) is 17.2 Å². The summed E-state index contributed by atoms with van der Waals surface area (Å²) in [5.41, 5.74) is 2.75. The second kappa shape index (κ2) is 7.66. The number of benzene rings is 2. The van der Waals surface area contributed by atoms with Crippen LogP contribution in [0.1, 0.15) is 48.9 Å². The SMILES string of the molecule is COc1ccccc1C(=O)N1CCC[C@@H]1c1nc2ccccc2n1CC(C)C. The van der Waals surface area contributed by atoms with Gasteiger partial charge in [-0.3, -0.25) is 4.79 Å². The van der Waals surface area contributed by atoms with Gasteiger partial charge in [0.15, 0.2) is 0 Å². The average Bonchev–Trinajstić information content (AvgIpc) is 3.32. The molecule has 0 radical (unpaired) electrons. The second-order valence-electron chi connectivity index (χ2n) is 7.82. The Labute approximate surface area is 165 Å². The van der Waals surface area contributed by atoms with Crippen molar-refractivity contribution in [3.05, 3.63) is 59.9 Å². The first kappa shape index (κ1) is 18.5. The summed E-state index contributed by atoms with van der Waals surface area (Å²) in [6, 6.07) is 15.7. The maximum atomic E-state index is 13.4. The lowest BCUT2D eigenvalue weighted by atomic mass is 10.1. The Morgan fingerprint density at radius 3 is 2.71 bits per heavy atom. The van der Waals surface area contributed by atoms with Crippen LogP contribution in [-0.2, 0) is 6.54 Å². The predicted octanol–water partition coefficient (Wildman–Crippen LogP) is 4.68. The number of amides is 1. The van der Waals surface area contributed by atoms with Crippen LogP contribution < -0.4 is 4.74 Å². The van der Waals surface area contributed by atoms with Crippen LogP contribution in [-0.4, -0.2) is 34.0 Å². The van der Waals surface area contributed by atoms with Crippen molar-refractivity contribution in [1.29, 1.82) is 0 Å². The van der Waals surface area contributed by atoms with E-state index in [1.54, 1.807) is 7.11 Å². The first-order chi connectivity index (χ1) is 13.6. The molecule has 1 atom stereocenters. The quantitative estimate of drug-likeness (QED) is 0.649. The number of nitrogens with zero attached hydrogens (tertiary/aromatic N) is 3. The van der Waals surface area contributed by atoms with Crippen molar-refractivity contribution >= 4 is 16.9 Å². The summed E-state index contributed by atoms with van der Waals surface area (Å²) in [4.78, 5) is 20.3. The number of fused-ring (bicyclic) bond motifs is 1. The number of rotatable bonds is 5. The summed E-state index contributed by atoms with van der Waals surface area (Å²) in [5, 5.41) is 0. The van der Waals surface area contributed by atoms with Gasteiger partial charge in [0.2, 0.25) is 0 Å². The molecule has 1 aromatic heterocycles. The smallest absolute Gasteiger partial charge is 0.258 e. The molecule has 0 aliphatic carbocycles. The fourth-order valence-electron chi connectivity index (χ4n) is 4.16. The predicted molar refractivity (Wildman–Crippen MR) is 111 cm³/mol. The maximum absolute atomic E-state index is 13.4. The standard InChI is InChI=1S/C23H27N3O2/c1-16(2)15-26-19-11-6-5-10-18(19)24-22(26)20-12-8-14-25(20)23(27)17-9-4-7-13-21(17)28-3/h4-7,9-11,13,16,20H,8,12,14-15H2,1-3H3/t20-/m1/s1. The van der Waals surface area contributed by atoms with Crippen LogP contribution in [0.4, 0.5) is 0 Å². The van der Waals surface area contributed by atoms with Gasteiger partial charge in [-0.05, 0) is 43.0 Å². The third-order valence-corrected chi connectivity index (χ3v) is 5.38. The van der Waals surface area contributed by atoms with Gasteiger partial charge >= 0.3 is 0 Å². The van der Waals surface area contributed by atoms with Crippen molar-refractivity contribution in [3.63, 3.8) is 0 Å². The Morgan fingerprint density at radius 1 is 1.18 bits per heavy atom. The van der Waals surface area contributed by atoms with E-state index >= 15 is 0 Å². The summed E-state index contributed by atoms with van der Waals surface area (Å²) < 4.78 is 7.73. The van der Waals surface area contributed by atoms with Gasteiger partial charge in [-0.2, -0.15) is 0 Å². The van der Waals surface area contributed by atoms with Crippen LogP contribution >= 0.6 is 0 Å². The Balaban J connectivity index is 1.75. The number of methoxy groups -OCH3 is 1. The summed E-state index contributed by atoms with van der Waals surface area (Å²) in [5.74, 6) is 2.13. The molecule has 0 N–H and O–H groups in total. The Bertz CT molecular complexity index is 992. The number of hydrogen-bond donors (Lipinski definition) is 0. The van der Waals surface area contributed by atoms with Crippen LogP contribution in [0.25, 0.3) is 11.0 Å². The summed E-state index contributed by atoms with van der Waals surface area (Å²) >= 11 is 0. The fourth-order valence-corrected chi connectivity index (χ4v) is 4.16. The number of carbonyl (C=O) groups excluding carboxylic acids is 1. The zero-order valence-corrected chi connectivity index (χ0v) is 16.8. The van der Waals surface area contributed by atoms with Crippen molar-refractivity contribution < 1.29 is 9.53 Å². The van der Waals surface area contributed by atoms with Gasteiger partial charge in [0.25, 0.3) is 5.91 Å². The molecule has 5 heteroatoms. The molecule has 146 valence electrons. The molecule has 4 rings (SSSR count). The zero-order chi connectivity index (χ0) is 19.7. The highest BCUT2D eigenvalue weighted by Crippen LogP contribution is 2.36. The molecule has 0 spiro atoms. The molecular weight excluding hydrogens is 350 g/mol. The molecule has 0 unspecified atom stereocenters. The van der Waals surface area contributed by atoms with Gasteiger partial charge < -0.3 is 14.2 Å². The number of likely N-dealkylation sites (tertiary alicyclic amines) is 1. The van der Waals surface area contributed by atoms with Gasteiger partial charge in [0.05, 0.1) is 29.7 Å². The fraction of sp³-hybridized carbons (Fsp3) is 0.391. The van der Waals surface area contributed by atoms with Gasteiger partial charge in [-0.25, -0.2) is 4.98 Å². The van der Waals surface area contributed by atoms with E-state index in [2.05, 4.69) is 36.6 Å². The van der Waals surface area contributed by atoms with E-state index in [1.165, 1.54) is 0 Å². The minimum absolute atomic E-state index is 0.0106. The van der Waals surface area contributed by atoms with E-state index < -0.39 is 0 Å². The van der Waals surface area contributed by atoms with Crippen molar-refractivity contribution in [2.24, 2.45) is 5.92 Å². The van der Waals surface area contributed by atoms with Gasteiger partial charge in [-0.1, -0.05) is 38.1 Å². The van der Waals surface area contributed by atoms with Gasteiger partial charge in [-0.15, -0.1) is 0 Å². The first-order valence-corrected chi connectivity index (χ1v) is 9.99. The highest BCUT2D eigenvalue weighted by Gasteiger charge is 2.35. The van der Waals surface area contributed by atoms with Crippen molar-refractivity contribution in [3.8, 4) is 5.75 Å². The molecule has 1 fully saturated rings. The van der Waals surface area contributed by atoms with Crippen LogP contribution in [0.15, 0.2) is 48.5 Å². The molecule has 2 aromatic carbocycles. The number of imidazole rings is 1. The molecule has 2 heterocycles. The maximum Gasteiger partial charge on any atom is 0.258 e. The summed E-state index contributed by atoms with van der Waals surface area (Å²) in [6.07, 6.45) is 1.92. The molecule has 1 saturated heterocycles. The van der Waals surface area contributed by atoms with E-state index in [9.17, 15) is 4.79 Å². The molecule has 1 aliphatic heterocycles. The van der Waals surface area contributed by atoms with Crippen molar-refractivity contribution in [2.45, 2.75) is 39.3 Å². The highest BCUT2D eigenvalue weighted by molar-refractivity contribution is 5.97. The Kier molecular flexibility index (Phi) is 5.07. The number of carbonyl (C=O) groups is 1. The summed E-state index contributed by atoms with van der Waals surface area (Å²) in [7, 11) is 1.61. The van der Waals surface area contributed by atoms with E-state index in [0.717, 1.165) is 42.8 Å². The van der Waals surface area contributed by atoms with Gasteiger partial charge in [0, 0.05) is 13.1 Å². The Hall–Kier alpha value is -2.82. The molecule has 0 bridgehead atoms. The van der Waals surface area contributed by atoms with Crippen LogP contribution in [0.2, 0.25) is 0 Å². The highest BCUT2D eigenvalue weighted by atomic mass is 16.5. The number of aromatic nitrogens is 2. The lowest BCUT2D eigenvalue weighted by Crippen LogP contribution is -2.32. The largest absolute Gasteiger partial charge is 0.496 e. The average molecular weight is 377 g/mol. The third kappa shape index (κ3) is 3.26. The molecule has 28 heavy (non-hydrogen) atoms. The van der Waals surface area contributed by atoms with Crippen molar-refractivity contribution in [1.82, 2.24) is 14.5 Å². The third-order valence-electron chi connectivity index (χ3n) is 5.38. The zero-order valence-electron chi connectivity index (χ0n) is 16.8. The van der Waals surface area contributed by atoms with Gasteiger partial charge in [0.1, 0.15) is 11.6 Å². The molecule has 1 amide bonds. The number of hydrogen-bond acceptors (Lipinski definition) is 3. The lowest BCUT2D eigenvalue weighted by molar-refractivity contribution is 0.0724. The Morgan fingerprint density at radius 2 is 1.93 bits per heavy atom. The molecule has 5 nitrogen and oxygen atoms in total. The normalized spacial score (nSPS) is 16.9. The van der Waals surface area contributed by atoms with E-state index in [1.807, 2.05) is 35.2 Å². The van der Waals surface area contributed by atoms with Crippen LogP contribution in [0.3, 0.4) is 0 Å². The second-order valence-corrected chi connectivity index (χ2v) is 7.82. The van der Waals surface area contributed by atoms with Crippen LogP contribution in [0.5, 0.6) is 5.75 Å². The lowest BCUT2D eigenvalue weighted by Gasteiger charge is -2.26. The number of para-hydroxylation sites is 3. The molecular formula is C23H27N3O2. The summed E-state index contributed by atoms with van der Waals surface area (Å²) in [6.45, 7) is 6.06. The minimum atomic E-state index is -0.0106. The van der Waals surface area contributed by atoms with E-state index in [4.69, 9.17) is 9.72 Å². The topological polar surface area (TPSA) is 47.4 Å². The minimum Gasteiger partial charge on any atom is -0.496 e. The first-order valence-electron chi connectivity index (χ1n) is 9.99. The van der Waals surface area contributed by atoms with Crippen LogP contribution in [0, 0.1) is 5.92 Å². The van der Waals surface area contributed by atoms with E-state index in [-0.39, 0.29) is 11.9 Å². The molecule has 0 saturated carbocycles. The monoisotopic (exact) mass is 377 g/mol. The molecule has 3 aromatic rings. The number of ether oxygens (including phenoxy) is 1.